The normalized spacial score (nSPS) is 10.6. The molecule has 3 aromatic carbocycles. The number of benzene rings is 3. The van der Waals surface area contributed by atoms with Gasteiger partial charge < -0.3 is 4.74 Å². The molecule has 0 N–H and O–H groups in total. The van der Waals surface area contributed by atoms with Crippen molar-refractivity contribution in [3.8, 4) is 10.4 Å². The second kappa shape index (κ2) is 9.57. The van der Waals surface area contributed by atoms with Crippen molar-refractivity contribution in [3.05, 3.63) is 105 Å². The number of hydrogen-bond donors (Lipinski definition) is 0. The lowest BCUT2D eigenvalue weighted by molar-refractivity contribution is 0.0607. The van der Waals surface area contributed by atoms with Gasteiger partial charge in [-0.2, -0.15) is 0 Å². The lowest BCUT2D eigenvalue weighted by Crippen LogP contribution is -2.27. The summed E-state index contributed by atoms with van der Waals surface area (Å²) in [6, 6.07) is 25.2. The number of halogens is 2. The molecule has 0 radical (unpaired) electrons. The Balaban J connectivity index is 1.92. The molecule has 0 aliphatic carbocycles. The summed E-state index contributed by atoms with van der Waals surface area (Å²) in [5.74, 6) is -0.913. The highest BCUT2D eigenvalue weighted by molar-refractivity contribution is 7.18. The standard InChI is InChI=1S/C25H17Cl2NO3S/c1-31-25(30)23-21(15-22(32-23)16-8-4-2-5-9-16)28(18-10-6-3-7-11-18)24(29)19-13-12-17(26)14-20(19)27/h2-15H,1H3. The Morgan fingerprint density at radius 1 is 0.875 bits per heavy atom. The molecule has 32 heavy (non-hydrogen) atoms. The second-order valence-corrected chi connectivity index (χ2v) is 8.68. The van der Waals surface area contributed by atoms with E-state index in [4.69, 9.17) is 27.9 Å². The van der Waals surface area contributed by atoms with Gasteiger partial charge in [0.15, 0.2) is 0 Å². The number of anilines is 2. The largest absolute Gasteiger partial charge is 0.465 e. The summed E-state index contributed by atoms with van der Waals surface area (Å²) in [6.45, 7) is 0. The van der Waals surface area contributed by atoms with Crippen LogP contribution in [0.3, 0.4) is 0 Å². The fourth-order valence-corrected chi connectivity index (χ4v) is 4.81. The van der Waals surface area contributed by atoms with Crippen molar-refractivity contribution < 1.29 is 14.3 Å². The molecule has 4 aromatic rings. The number of para-hydroxylation sites is 1. The molecule has 4 rings (SSSR count). The molecule has 7 heteroatoms. The summed E-state index contributed by atoms with van der Waals surface area (Å²) in [6.07, 6.45) is 0. The van der Waals surface area contributed by atoms with E-state index in [-0.39, 0.29) is 16.5 Å². The lowest BCUT2D eigenvalue weighted by atomic mass is 10.1. The van der Waals surface area contributed by atoms with Crippen LogP contribution in [0.4, 0.5) is 11.4 Å². The molecular weight excluding hydrogens is 465 g/mol. The number of methoxy groups -OCH3 is 1. The molecule has 0 saturated heterocycles. The van der Waals surface area contributed by atoms with Gasteiger partial charge >= 0.3 is 5.97 Å². The van der Waals surface area contributed by atoms with Gasteiger partial charge in [-0.3, -0.25) is 9.69 Å². The Kier molecular flexibility index (Phi) is 6.61. The number of carbonyl (C=O) groups is 2. The second-order valence-electron chi connectivity index (χ2n) is 6.78. The van der Waals surface area contributed by atoms with Crippen LogP contribution < -0.4 is 4.90 Å². The van der Waals surface area contributed by atoms with Crippen molar-refractivity contribution in [2.24, 2.45) is 0 Å². The highest BCUT2D eigenvalue weighted by Gasteiger charge is 2.29. The number of ether oxygens (including phenoxy) is 1. The van der Waals surface area contributed by atoms with Gasteiger partial charge in [0.05, 0.1) is 23.4 Å². The van der Waals surface area contributed by atoms with Crippen LogP contribution >= 0.6 is 34.5 Å². The Morgan fingerprint density at radius 2 is 1.53 bits per heavy atom. The average Bonchev–Trinajstić information content (AvgIpc) is 3.25. The first-order chi connectivity index (χ1) is 15.5. The fourth-order valence-electron chi connectivity index (χ4n) is 3.26. The van der Waals surface area contributed by atoms with Crippen LogP contribution in [-0.4, -0.2) is 19.0 Å². The highest BCUT2D eigenvalue weighted by atomic mass is 35.5. The van der Waals surface area contributed by atoms with Crippen molar-refractivity contribution in [2.75, 3.05) is 12.0 Å². The lowest BCUT2D eigenvalue weighted by Gasteiger charge is -2.23. The van der Waals surface area contributed by atoms with E-state index in [9.17, 15) is 9.59 Å². The van der Waals surface area contributed by atoms with Gasteiger partial charge in [-0.25, -0.2) is 4.79 Å². The van der Waals surface area contributed by atoms with Crippen LogP contribution in [0.2, 0.25) is 10.0 Å². The Morgan fingerprint density at radius 3 is 2.16 bits per heavy atom. The van der Waals surface area contributed by atoms with E-state index < -0.39 is 5.97 Å². The first-order valence-corrected chi connectivity index (χ1v) is 11.2. The summed E-state index contributed by atoms with van der Waals surface area (Å²) in [5.41, 5.74) is 2.20. The van der Waals surface area contributed by atoms with E-state index in [0.717, 1.165) is 10.4 Å². The van der Waals surface area contributed by atoms with Gasteiger partial charge in [0.25, 0.3) is 5.91 Å². The van der Waals surface area contributed by atoms with E-state index in [2.05, 4.69) is 0 Å². The molecule has 1 aromatic heterocycles. The topological polar surface area (TPSA) is 46.6 Å². The smallest absolute Gasteiger partial charge is 0.350 e. The van der Waals surface area contributed by atoms with E-state index in [1.165, 1.54) is 29.4 Å². The molecule has 0 fully saturated rings. The van der Waals surface area contributed by atoms with Gasteiger partial charge in [0.1, 0.15) is 4.88 Å². The molecule has 4 nitrogen and oxygen atoms in total. The first kappa shape index (κ1) is 22.1. The minimum absolute atomic E-state index is 0.224. The minimum Gasteiger partial charge on any atom is -0.465 e. The maximum atomic E-state index is 13.7. The molecule has 1 amide bonds. The number of rotatable bonds is 5. The molecule has 0 bridgehead atoms. The Labute approximate surface area is 199 Å². The molecule has 0 saturated carbocycles. The molecule has 0 spiro atoms. The number of amides is 1. The monoisotopic (exact) mass is 481 g/mol. The van der Waals surface area contributed by atoms with E-state index >= 15 is 0 Å². The Bertz CT molecular complexity index is 1270. The highest BCUT2D eigenvalue weighted by Crippen LogP contribution is 2.41. The summed E-state index contributed by atoms with van der Waals surface area (Å²) in [4.78, 5) is 29.1. The quantitative estimate of drug-likeness (QED) is 0.277. The van der Waals surface area contributed by atoms with Crippen molar-refractivity contribution in [3.63, 3.8) is 0 Å². The third kappa shape index (κ3) is 4.41. The third-order valence-corrected chi connectivity index (χ3v) is 6.46. The van der Waals surface area contributed by atoms with Crippen molar-refractivity contribution in [2.45, 2.75) is 0 Å². The van der Waals surface area contributed by atoms with Crippen molar-refractivity contribution in [1.82, 2.24) is 0 Å². The SMILES string of the molecule is COC(=O)c1sc(-c2ccccc2)cc1N(C(=O)c1ccc(Cl)cc1Cl)c1ccccc1. The summed E-state index contributed by atoms with van der Waals surface area (Å²) in [5, 5.41) is 0.650. The Hall–Kier alpha value is -3.12. The molecule has 0 aliphatic rings. The van der Waals surface area contributed by atoms with Crippen molar-refractivity contribution >= 4 is 57.8 Å². The van der Waals surface area contributed by atoms with Crippen LogP contribution in [0.1, 0.15) is 20.0 Å². The predicted octanol–water partition coefficient (Wildman–Crippen LogP) is 7.49. The van der Waals surface area contributed by atoms with Gasteiger partial charge in [0.2, 0.25) is 0 Å². The first-order valence-electron chi connectivity index (χ1n) is 9.61. The maximum absolute atomic E-state index is 13.7. The molecule has 160 valence electrons. The minimum atomic E-state index is -0.525. The average molecular weight is 482 g/mol. The summed E-state index contributed by atoms with van der Waals surface area (Å²) in [7, 11) is 1.32. The van der Waals surface area contributed by atoms with Crippen LogP contribution in [-0.2, 0) is 4.74 Å². The number of thiophene rings is 1. The van der Waals surface area contributed by atoms with Crippen molar-refractivity contribution in [1.29, 1.82) is 0 Å². The van der Waals surface area contributed by atoms with Gasteiger partial charge in [-0.15, -0.1) is 11.3 Å². The molecular formula is C25H17Cl2NO3S. The zero-order chi connectivity index (χ0) is 22.7. The molecule has 0 unspecified atom stereocenters. The predicted molar refractivity (Wildman–Crippen MR) is 130 cm³/mol. The van der Waals surface area contributed by atoms with Crippen LogP contribution in [0.5, 0.6) is 0 Å². The number of hydrogen-bond acceptors (Lipinski definition) is 4. The zero-order valence-corrected chi connectivity index (χ0v) is 19.2. The number of nitrogens with zero attached hydrogens (tertiary/aromatic N) is 1. The van der Waals surface area contributed by atoms with E-state index in [1.54, 1.807) is 24.3 Å². The van der Waals surface area contributed by atoms with Gasteiger partial charge in [0, 0.05) is 15.6 Å². The van der Waals surface area contributed by atoms with Crippen LogP contribution in [0.15, 0.2) is 84.9 Å². The van der Waals surface area contributed by atoms with Gasteiger partial charge in [-0.1, -0.05) is 71.7 Å². The van der Waals surface area contributed by atoms with Crippen LogP contribution in [0, 0.1) is 0 Å². The maximum Gasteiger partial charge on any atom is 0.350 e. The molecule has 0 atom stereocenters. The third-order valence-electron chi connectivity index (χ3n) is 4.76. The van der Waals surface area contributed by atoms with E-state index in [1.807, 2.05) is 54.6 Å². The fraction of sp³-hybridized carbons (Fsp3) is 0.0400. The van der Waals surface area contributed by atoms with E-state index in [0.29, 0.717) is 21.3 Å². The van der Waals surface area contributed by atoms with Gasteiger partial charge in [-0.05, 0) is 42.0 Å². The summed E-state index contributed by atoms with van der Waals surface area (Å²) >= 11 is 13.6. The van der Waals surface area contributed by atoms with Crippen LogP contribution in [0.25, 0.3) is 10.4 Å². The molecule has 0 aliphatic heterocycles. The number of esters is 1. The number of carbonyl (C=O) groups excluding carboxylic acids is 2. The molecule has 1 heterocycles. The summed E-state index contributed by atoms with van der Waals surface area (Å²) < 4.78 is 5.03. The zero-order valence-electron chi connectivity index (χ0n) is 16.9.